The fraction of sp³-hybridized carbons (Fsp3) is 0.143. The number of aromatic nitrogens is 2. The lowest BCUT2D eigenvalue weighted by Crippen LogP contribution is -2.37. The van der Waals surface area contributed by atoms with Gasteiger partial charge in [-0.3, -0.25) is 10.1 Å². The average molecular weight is 506 g/mol. The molecule has 0 fully saturated rings. The van der Waals surface area contributed by atoms with Gasteiger partial charge in [0.15, 0.2) is 11.7 Å². The minimum absolute atomic E-state index is 0.00222. The quantitative estimate of drug-likeness (QED) is 0.417. The third-order valence-corrected chi connectivity index (χ3v) is 5.94. The van der Waals surface area contributed by atoms with E-state index >= 15 is 0 Å². The molecule has 0 atom stereocenters. The van der Waals surface area contributed by atoms with Gasteiger partial charge in [-0.05, 0) is 68.5 Å². The molecule has 0 saturated heterocycles. The lowest BCUT2D eigenvalue weighted by Gasteiger charge is -2.12. The molecule has 0 spiro atoms. The summed E-state index contributed by atoms with van der Waals surface area (Å²) in [4.78, 5) is 20.2. The molecule has 33 heavy (non-hydrogen) atoms. The van der Waals surface area contributed by atoms with Gasteiger partial charge < -0.3 is 10.1 Å². The molecule has 9 nitrogen and oxygen atoms in total. The molecule has 172 valence electrons. The van der Waals surface area contributed by atoms with Crippen LogP contribution in [-0.2, 0) is 14.8 Å². The maximum atomic E-state index is 12.6. The number of aryl methyl sites for hydroxylation is 2. The molecule has 3 aromatic rings. The van der Waals surface area contributed by atoms with Crippen molar-refractivity contribution < 1.29 is 17.9 Å². The molecule has 2 aromatic carbocycles. The summed E-state index contributed by atoms with van der Waals surface area (Å²) in [6.07, 6.45) is 0. The highest BCUT2D eigenvalue weighted by Gasteiger charge is 2.16. The maximum absolute atomic E-state index is 12.6. The Morgan fingerprint density at radius 3 is 2.33 bits per heavy atom. The highest BCUT2D eigenvalue weighted by molar-refractivity contribution is 7.92. The normalized spacial score (nSPS) is 10.9. The third kappa shape index (κ3) is 7.11. The van der Waals surface area contributed by atoms with Crippen LogP contribution >= 0.6 is 23.8 Å². The van der Waals surface area contributed by atoms with E-state index in [2.05, 4.69) is 25.3 Å². The first-order chi connectivity index (χ1) is 15.6. The van der Waals surface area contributed by atoms with Crippen molar-refractivity contribution in [1.82, 2.24) is 15.3 Å². The Morgan fingerprint density at radius 1 is 1.06 bits per heavy atom. The van der Waals surface area contributed by atoms with Gasteiger partial charge in [-0.25, -0.2) is 23.1 Å². The maximum Gasteiger partial charge on any atom is 0.264 e. The van der Waals surface area contributed by atoms with Crippen molar-refractivity contribution in [3.63, 3.8) is 0 Å². The number of hydrogen-bond acceptors (Lipinski definition) is 7. The van der Waals surface area contributed by atoms with Gasteiger partial charge in [0.05, 0.1) is 9.92 Å². The Balaban J connectivity index is 1.55. The highest BCUT2D eigenvalue weighted by Crippen LogP contribution is 2.22. The molecule has 1 amide bonds. The number of halogens is 1. The van der Waals surface area contributed by atoms with E-state index in [1.165, 1.54) is 24.3 Å². The first-order valence-corrected chi connectivity index (χ1v) is 11.8. The number of rotatable bonds is 7. The first-order valence-electron chi connectivity index (χ1n) is 9.56. The molecule has 3 N–H and O–H groups in total. The second-order valence-electron chi connectivity index (χ2n) is 6.83. The number of nitrogens with one attached hydrogen (secondary N) is 3. The molecular weight excluding hydrogens is 486 g/mol. The summed E-state index contributed by atoms with van der Waals surface area (Å²) in [5.74, 6) is -0.105. The van der Waals surface area contributed by atoms with E-state index in [0.717, 1.165) is 0 Å². The van der Waals surface area contributed by atoms with Gasteiger partial charge in [-0.1, -0.05) is 23.7 Å². The van der Waals surface area contributed by atoms with Crippen molar-refractivity contribution in [3.05, 3.63) is 71.0 Å². The van der Waals surface area contributed by atoms with Crippen LogP contribution in [0.2, 0.25) is 5.02 Å². The number of amides is 1. The Labute approximate surface area is 201 Å². The van der Waals surface area contributed by atoms with Crippen LogP contribution in [0.4, 0.5) is 11.6 Å². The van der Waals surface area contributed by atoms with E-state index < -0.39 is 15.9 Å². The monoisotopic (exact) mass is 505 g/mol. The molecule has 1 heterocycles. The molecule has 1 aromatic heterocycles. The number of thiocarbonyl (C=S) groups is 1. The number of benzene rings is 2. The highest BCUT2D eigenvalue weighted by atomic mass is 35.5. The summed E-state index contributed by atoms with van der Waals surface area (Å²) in [7, 11) is -3.88. The number of anilines is 2. The van der Waals surface area contributed by atoms with Gasteiger partial charge in [0, 0.05) is 17.1 Å². The second kappa shape index (κ2) is 10.6. The van der Waals surface area contributed by atoms with Crippen LogP contribution in [0.25, 0.3) is 0 Å². The summed E-state index contributed by atoms with van der Waals surface area (Å²) in [5, 5.41) is 5.69. The van der Waals surface area contributed by atoms with Gasteiger partial charge in [-0.15, -0.1) is 0 Å². The van der Waals surface area contributed by atoms with Crippen molar-refractivity contribution in [2.24, 2.45) is 0 Å². The van der Waals surface area contributed by atoms with Crippen molar-refractivity contribution in [2.45, 2.75) is 18.7 Å². The van der Waals surface area contributed by atoms with E-state index in [9.17, 15) is 13.2 Å². The number of sulfonamides is 1. The molecule has 0 aliphatic heterocycles. The minimum atomic E-state index is -3.88. The molecule has 3 rings (SSSR count). The van der Waals surface area contributed by atoms with Gasteiger partial charge >= 0.3 is 0 Å². The summed E-state index contributed by atoms with van der Waals surface area (Å²) in [6.45, 7) is 3.21. The minimum Gasteiger partial charge on any atom is -0.482 e. The number of nitrogens with zero attached hydrogens (tertiary/aromatic N) is 2. The molecular formula is C21H20ClN5O4S2. The predicted octanol–water partition coefficient (Wildman–Crippen LogP) is 3.44. The van der Waals surface area contributed by atoms with E-state index in [1.807, 2.05) is 0 Å². The summed E-state index contributed by atoms with van der Waals surface area (Å²) < 4.78 is 32.9. The Bertz CT molecular complexity index is 1260. The van der Waals surface area contributed by atoms with Crippen molar-refractivity contribution in [1.29, 1.82) is 0 Å². The van der Waals surface area contributed by atoms with E-state index in [-0.39, 0.29) is 22.6 Å². The number of carbonyl (C=O) groups is 1. The largest absolute Gasteiger partial charge is 0.482 e. The fourth-order valence-corrected chi connectivity index (χ4v) is 4.06. The van der Waals surface area contributed by atoms with E-state index in [4.69, 9.17) is 28.6 Å². The number of carbonyl (C=O) groups excluding carboxylic acids is 1. The zero-order valence-corrected chi connectivity index (χ0v) is 20.0. The first kappa shape index (κ1) is 24.4. The van der Waals surface area contributed by atoms with Crippen LogP contribution in [0.3, 0.4) is 0 Å². The summed E-state index contributed by atoms with van der Waals surface area (Å²) in [5.41, 5.74) is 1.77. The smallest absolute Gasteiger partial charge is 0.264 e. The third-order valence-electron chi connectivity index (χ3n) is 4.08. The Morgan fingerprint density at radius 2 is 1.70 bits per heavy atom. The molecule has 0 radical (unpaired) electrons. The van der Waals surface area contributed by atoms with Crippen LogP contribution in [-0.4, -0.2) is 36.0 Å². The molecule has 12 heteroatoms. The van der Waals surface area contributed by atoms with Crippen LogP contribution < -0.4 is 20.1 Å². The lowest BCUT2D eigenvalue weighted by atomic mass is 10.3. The Hall–Kier alpha value is -3.28. The standard InChI is InChI=1S/C21H20ClN5O4S2/c1-13-11-14(2)24-20(23-13)27-33(29,30)16-9-7-15(8-10-16)25-21(32)26-19(28)12-31-18-6-4-3-5-17(18)22/h3-11H,12H2,1-2H3,(H,23,24,27)(H2,25,26,28,32). The SMILES string of the molecule is Cc1cc(C)nc(NS(=O)(=O)c2ccc(NC(=S)NC(=O)COc3ccccc3Cl)cc2)n1. The van der Waals surface area contributed by atoms with Crippen molar-refractivity contribution in [2.75, 3.05) is 16.6 Å². The molecule has 0 aliphatic rings. The fourth-order valence-electron chi connectivity index (χ4n) is 2.70. The Kier molecular flexibility index (Phi) is 7.79. The zero-order valence-electron chi connectivity index (χ0n) is 17.6. The van der Waals surface area contributed by atoms with Gasteiger partial charge in [0.1, 0.15) is 5.75 Å². The molecule has 0 saturated carbocycles. The molecule has 0 aliphatic carbocycles. The lowest BCUT2D eigenvalue weighted by molar-refractivity contribution is -0.121. The summed E-state index contributed by atoms with van der Waals surface area (Å²) >= 11 is 11.1. The van der Waals surface area contributed by atoms with Crippen LogP contribution in [0.1, 0.15) is 11.4 Å². The topological polar surface area (TPSA) is 122 Å². The van der Waals surface area contributed by atoms with Crippen molar-refractivity contribution >= 4 is 56.5 Å². The van der Waals surface area contributed by atoms with E-state index in [1.54, 1.807) is 44.2 Å². The van der Waals surface area contributed by atoms with Gasteiger partial charge in [0.2, 0.25) is 5.95 Å². The average Bonchev–Trinajstić information content (AvgIpc) is 2.72. The second-order valence-corrected chi connectivity index (χ2v) is 9.32. The van der Waals surface area contributed by atoms with Crippen LogP contribution in [0.5, 0.6) is 5.75 Å². The van der Waals surface area contributed by atoms with Crippen LogP contribution in [0.15, 0.2) is 59.5 Å². The van der Waals surface area contributed by atoms with Crippen molar-refractivity contribution in [3.8, 4) is 5.75 Å². The predicted molar refractivity (Wildman–Crippen MR) is 130 cm³/mol. The molecule has 0 unspecified atom stereocenters. The van der Waals surface area contributed by atoms with Crippen LogP contribution in [0, 0.1) is 13.8 Å². The number of para-hydroxylation sites is 1. The molecule has 0 bridgehead atoms. The van der Waals surface area contributed by atoms with Gasteiger partial charge in [-0.2, -0.15) is 0 Å². The number of ether oxygens (including phenoxy) is 1. The van der Waals surface area contributed by atoms with E-state index in [0.29, 0.717) is 27.8 Å². The summed E-state index contributed by atoms with van der Waals surface area (Å²) in [6, 6.07) is 14.3. The number of hydrogen-bond donors (Lipinski definition) is 3. The van der Waals surface area contributed by atoms with Gasteiger partial charge in [0.25, 0.3) is 15.9 Å². The zero-order chi connectivity index (χ0) is 24.0.